The first-order valence-electron chi connectivity index (χ1n) is 6.94. The van der Waals surface area contributed by atoms with Crippen LogP contribution in [0.2, 0.25) is 5.02 Å². The average molecular weight is 336 g/mol. The lowest BCUT2D eigenvalue weighted by Gasteiger charge is -2.13. The van der Waals surface area contributed by atoms with E-state index in [-0.39, 0.29) is 12.5 Å². The standard InChI is InChI=1S/C17H18ClNO4/c1-11-5-4-6-12(7-11)23-10-17(20)19-14-8-13(18)15(21-2)9-16(14)22-3/h4-9H,10H2,1-3H3,(H,19,20). The zero-order valence-corrected chi connectivity index (χ0v) is 13.9. The van der Waals surface area contributed by atoms with E-state index < -0.39 is 0 Å². The third-order valence-corrected chi connectivity index (χ3v) is 3.40. The molecule has 122 valence electrons. The second kappa shape index (κ2) is 7.74. The Morgan fingerprint density at radius 2 is 1.87 bits per heavy atom. The molecule has 2 aromatic carbocycles. The van der Waals surface area contributed by atoms with Crippen LogP contribution >= 0.6 is 11.6 Å². The van der Waals surface area contributed by atoms with Crippen molar-refractivity contribution in [2.75, 3.05) is 26.1 Å². The Morgan fingerprint density at radius 1 is 1.13 bits per heavy atom. The highest BCUT2D eigenvalue weighted by atomic mass is 35.5. The molecule has 0 heterocycles. The van der Waals surface area contributed by atoms with Crippen molar-refractivity contribution in [3.63, 3.8) is 0 Å². The van der Waals surface area contributed by atoms with Crippen LogP contribution in [0.25, 0.3) is 0 Å². The highest BCUT2D eigenvalue weighted by molar-refractivity contribution is 6.32. The lowest BCUT2D eigenvalue weighted by Crippen LogP contribution is -2.20. The van der Waals surface area contributed by atoms with Crippen molar-refractivity contribution in [2.45, 2.75) is 6.92 Å². The summed E-state index contributed by atoms with van der Waals surface area (Å²) in [5.74, 6) is 1.25. The molecule has 0 atom stereocenters. The van der Waals surface area contributed by atoms with E-state index in [4.69, 9.17) is 25.8 Å². The van der Waals surface area contributed by atoms with Gasteiger partial charge in [-0.1, -0.05) is 23.7 Å². The third kappa shape index (κ3) is 4.53. The number of hydrogen-bond donors (Lipinski definition) is 1. The zero-order valence-electron chi connectivity index (χ0n) is 13.2. The number of carbonyl (C=O) groups is 1. The number of nitrogens with one attached hydrogen (secondary N) is 1. The quantitative estimate of drug-likeness (QED) is 0.874. The maximum absolute atomic E-state index is 12.0. The summed E-state index contributed by atoms with van der Waals surface area (Å²) < 4.78 is 15.8. The van der Waals surface area contributed by atoms with Gasteiger partial charge in [0.05, 0.1) is 24.9 Å². The van der Waals surface area contributed by atoms with Gasteiger partial charge in [0.1, 0.15) is 17.2 Å². The van der Waals surface area contributed by atoms with Crippen molar-refractivity contribution in [1.29, 1.82) is 0 Å². The van der Waals surface area contributed by atoms with E-state index in [1.54, 1.807) is 18.2 Å². The molecule has 0 aliphatic heterocycles. The van der Waals surface area contributed by atoms with Crippen LogP contribution in [0, 0.1) is 6.92 Å². The molecule has 0 aromatic heterocycles. The number of benzene rings is 2. The van der Waals surface area contributed by atoms with E-state index >= 15 is 0 Å². The molecule has 0 unspecified atom stereocenters. The van der Waals surface area contributed by atoms with Crippen LogP contribution in [0.15, 0.2) is 36.4 Å². The fraction of sp³-hybridized carbons (Fsp3) is 0.235. The summed E-state index contributed by atoms with van der Waals surface area (Å²) >= 11 is 6.07. The minimum atomic E-state index is -0.314. The molecule has 0 saturated heterocycles. The van der Waals surface area contributed by atoms with Crippen LogP contribution in [-0.2, 0) is 4.79 Å². The number of rotatable bonds is 6. The second-order valence-corrected chi connectivity index (χ2v) is 5.25. The Kier molecular flexibility index (Phi) is 5.71. The van der Waals surface area contributed by atoms with Crippen molar-refractivity contribution >= 4 is 23.2 Å². The molecule has 2 rings (SSSR count). The zero-order chi connectivity index (χ0) is 16.8. The van der Waals surface area contributed by atoms with Gasteiger partial charge in [0, 0.05) is 6.07 Å². The normalized spacial score (nSPS) is 10.1. The summed E-state index contributed by atoms with van der Waals surface area (Å²) in [5.41, 5.74) is 1.52. The Bertz CT molecular complexity index is 703. The van der Waals surface area contributed by atoms with E-state index in [9.17, 15) is 4.79 Å². The summed E-state index contributed by atoms with van der Waals surface area (Å²) in [7, 11) is 3.01. The van der Waals surface area contributed by atoms with Crippen molar-refractivity contribution in [3.8, 4) is 17.2 Å². The molecule has 0 fully saturated rings. The number of methoxy groups -OCH3 is 2. The van der Waals surface area contributed by atoms with Crippen molar-refractivity contribution in [1.82, 2.24) is 0 Å². The van der Waals surface area contributed by atoms with Gasteiger partial charge in [-0.15, -0.1) is 0 Å². The molecular weight excluding hydrogens is 318 g/mol. The number of aryl methyl sites for hydroxylation is 1. The van der Waals surface area contributed by atoms with E-state index in [2.05, 4.69) is 5.32 Å². The van der Waals surface area contributed by atoms with Crippen LogP contribution < -0.4 is 19.5 Å². The van der Waals surface area contributed by atoms with Crippen LogP contribution in [0.1, 0.15) is 5.56 Å². The third-order valence-electron chi connectivity index (χ3n) is 3.11. The number of amides is 1. The average Bonchev–Trinajstić information content (AvgIpc) is 2.53. The highest BCUT2D eigenvalue weighted by Gasteiger charge is 2.13. The molecule has 0 saturated carbocycles. The number of halogens is 1. The van der Waals surface area contributed by atoms with Gasteiger partial charge in [0.25, 0.3) is 5.91 Å². The second-order valence-electron chi connectivity index (χ2n) is 4.84. The Morgan fingerprint density at radius 3 is 2.52 bits per heavy atom. The van der Waals surface area contributed by atoms with Gasteiger partial charge in [0.2, 0.25) is 0 Å². The first kappa shape index (κ1) is 17.0. The summed E-state index contributed by atoms with van der Waals surface area (Å²) in [6, 6.07) is 10.7. The predicted octanol–water partition coefficient (Wildman–Crippen LogP) is 3.68. The number of carbonyl (C=O) groups excluding carboxylic acids is 1. The molecule has 1 amide bonds. The molecule has 23 heavy (non-hydrogen) atoms. The summed E-state index contributed by atoms with van der Waals surface area (Å²) in [6.45, 7) is 1.84. The molecule has 5 nitrogen and oxygen atoms in total. The Labute approximate surface area is 140 Å². The first-order chi connectivity index (χ1) is 11.0. The molecule has 6 heteroatoms. The largest absolute Gasteiger partial charge is 0.495 e. The first-order valence-corrected chi connectivity index (χ1v) is 7.32. The van der Waals surface area contributed by atoms with Gasteiger partial charge in [-0.3, -0.25) is 4.79 Å². The smallest absolute Gasteiger partial charge is 0.262 e. The van der Waals surface area contributed by atoms with Gasteiger partial charge < -0.3 is 19.5 Å². The van der Waals surface area contributed by atoms with Gasteiger partial charge >= 0.3 is 0 Å². The molecule has 0 spiro atoms. The van der Waals surface area contributed by atoms with E-state index in [0.717, 1.165) is 5.56 Å². The molecule has 0 aliphatic carbocycles. The minimum Gasteiger partial charge on any atom is -0.495 e. The van der Waals surface area contributed by atoms with Crippen molar-refractivity contribution in [3.05, 3.63) is 47.0 Å². The number of ether oxygens (including phenoxy) is 3. The van der Waals surface area contributed by atoms with Gasteiger partial charge in [-0.25, -0.2) is 0 Å². The molecular formula is C17H18ClNO4. The maximum Gasteiger partial charge on any atom is 0.262 e. The number of hydrogen-bond acceptors (Lipinski definition) is 4. The summed E-state index contributed by atoms with van der Waals surface area (Å²) in [6.07, 6.45) is 0. The monoisotopic (exact) mass is 335 g/mol. The molecule has 0 bridgehead atoms. The van der Waals surface area contributed by atoms with Gasteiger partial charge in [0.15, 0.2) is 6.61 Å². The highest BCUT2D eigenvalue weighted by Crippen LogP contribution is 2.35. The molecule has 1 N–H and O–H groups in total. The van der Waals surface area contributed by atoms with E-state index in [1.807, 2.05) is 25.1 Å². The van der Waals surface area contributed by atoms with Crippen molar-refractivity contribution < 1.29 is 19.0 Å². The molecule has 0 aliphatic rings. The minimum absolute atomic E-state index is 0.115. The van der Waals surface area contributed by atoms with Gasteiger partial charge in [-0.2, -0.15) is 0 Å². The van der Waals surface area contributed by atoms with Crippen LogP contribution in [0.4, 0.5) is 5.69 Å². The van der Waals surface area contributed by atoms with Gasteiger partial charge in [-0.05, 0) is 30.7 Å². The van der Waals surface area contributed by atoms with E-state index in [1.165, 1.54) is 14.2 Å². The Balaban J connectivity index is 2.03. The SMILES string of the molecule is COc1cc(OC)c(NC(=O)COc2cccc(C)c2)cc1Cl. The predicted molar refractivity (Wildman–Crippen MR) is 89.9 cm³/mol. The van der Waals surface area contributed by atoms with Crippen molar-refractivity contribution in [2.24, 2.45) is 0 Å². The van der Waals surface area contributed by atoms with E-state index in [0.29, 0.717) is 28.0 Å². The van der Waals surface area contributed by atoms with Crippen LogP contribution in [0.5, 0.6) is 17.2 Å². The fourth-order valence-corrected chi connectivity index (χ4v) is 2.24. The molecule has 2 aromatic rings. The topological polar surface area (TPSA) is 56.8 Å². The van der Waals surface area contributed by atoms with Crippen LogP contribution in [-0.4, -0.2) is 26.7 Å². The molecule has 0 radical (unpaired) electrons. The number of anilines is 1. The lowest BCUT2D eigenvalue weighted by atomic mass is 10.2. The Hall–Kier alpha value is -2.40. The lowest BCUT2D eigenvalue weighted by molar-refractivity contribution is -0.118. The summed E-state index contributed by atoms with van der Waals surface area (Å²) in [5, 5.41) is 3.09. The van der Waals surface area contributed by atoms with Crippen LogP contribution in [0.3, 0.4) is 0 Å². The maximum atomic E-state index is 12.0. The fourth-order valence-electron chi connectivity index (χ4n) is 2.00. The summed E-state index contributed by atoms with van der Waals surface area (Å²) in [4.78, 5) is 12.0.